The first-order valence-electron chi connectivity index (χ1n) is 5.08. The first kappa shape index (κ1) is 13.0. The second-order valence-electron chi connectivity index (χ2n) is 3.72. The number of alkyl halides is 1. The Kier molecular flexibility index (Phi) is 3.68. The number of aryl methyl sites for hydroxylation is 1. The van der Waals surface area contributed by atoms with Crippen LogP contribution in [-0.4, -0.2) is 14.7 Å². The van der Waals surface area contributed by atoms with E-state index in [-0.39, 0.29) is 5.69 Å². The van der Waals surface area contributed by atoms with Crippen LogP contribution < -0.4 is 0 Å². The van der Waals surface area contributed by atoms with Crippen LogP contribution in [-0.2, 0) is 5.33 Å². The zero-order valence-electron chi connectivity index (χ0n) is 9.43. The summed E-state index contributed by atoms with van der Waals surface area (Å²) in [6.45, 7) is 1.75. The molecule has 5 nitrogen and oxygen atoms in total. The van der Waals surface area contributed by atoms with Gasteiger partial charge in [-0.1, -0.05) is 33.6 Å². The van der Waals surface area contributed by atoms with Crippen molar-refractivity contribution in [2.45, 2.75) is 12.3 Å². The zero-order valence-corrected chi connectivity index (χ0v) is 11.8. The molecule has 0 saturated carbocycles. The minimum Gasteiger partial charge on any atom is -0.258 e. The van der Waals surface area contributed by atoms with Gasteiger partial charge in [-0.2, -0.15) is 5.10 Å². The van der Waals surface area contributed by atoms with E-state index in [1.807, 2.05) is 6.07 Å². The van der Waals surface area contributed by atoms with Crippen LogP contribution in [0.1, 0.15) is 11.3 Å². The molecule has 94 valence electrons. The van der Waals surface area contributed by atoms with Crippen molar-refractivity contribution in [3.63, 3.8) is 0 Å². The van der Waals surface area contributed by atoms with Crippen LogP contribution >= 0.6 is 27.5 Å². The number of halogens is 2. The predicted molar refractivity (Wildman–Crippen MR) is 72.6 cm³/mol. The van der Waals surface area contributed by atoms with Gasteiger partial charge in [-0.05, 0) is 18.6 Å². The van der Waals surface area contributed by atoms with Crippen LogP contribution in [0.2, 0.25) is 5.02 Å². The van der Waals surface area contributed by atoms with E-state index >= 15 is 0 Å². The molecule has 0 N–H and O–H groups in total. The van der Waals surface area contributed by atoms with E-state index in [2.05, 4.69) is 21.0 Å². The van der Waals surface area contributed by atoms with Gasteiger partial charge in [0.1, 0.15) is 5.69 Å². The van der Waals surface area contributed by atoms with Gasteiger partial charge in [-0.25, -0.2) is 4.68 Å². The summed E-state index contributed by atoms with van der Waals surface area (Å²) in [5.41, 5.74) is 1.88. The lowest BCUT2D eigenvalue weighted by Gasteiger charge is -2.04. The van der Waals surface area contributed by atoms with Crippen LogP contribution in [0.25, 0.3) is 5.69 Å². The van der Waals surface area contributed by atoms with Gasteiger partial charge in [0.25, 0.3) is 5.69 Å². The Balaban J connectivity index is 2.59. The lowest BCUT2D eigenvalue weighted by atomic mass is 10.2. The highest BCUT2D eigenvalue weighted by Gasteiger charge is 2.17. The van der Waals surface area contributed by atoms with E-state index in [1.54, 1.807) is 19.2 Å². The van der Waals surface area contributed by atoms with Gasteiger partial charge in [-0.15, -0.1) is 0 Å². The molecule has 1 aromatic carbocycles. The Morgan fingerprint density at radius 3 is 2.78 bits per heavy atom. The quantitative estimate of drug-likeness (QED) is 0.490. The molecular formula is C11H9BrClN3O2. The molecule has 0 atom stereocenters. The van der Waals surface area contributed by atoms with Gasteiger partial charge < -0.3 is 0 Å². The van der Waals surface area contributed by atoms with Gasteiger partial charge in [0.2, 0.25) is 0 Å². The molecule has 0 unspecified atom stereocenters. The van der Waals surface area contributed by atoms with E-state index in [4.69, 9.17) is 11.6 Å². The van der Waals surface area contributed by atoms with Crippen LogP contribution in [0.3, 0.4) is 0 Å². The first-order chi connectivity index (χ1) is 8.52. The predicted octanol–water partition coefficient (Wildman–Crippen LogP) is 3.64. The summed E-state index contributed by atoms with van der Waals surface area (Å²) >= 11 is 9.18. The van der Waals surface area contributed by atoms with E-state index in [0.29, 0.717) is 21.7 Å². The molecule has 1 aromatic heterocycles. The maximum absolute atomic E-state index is 11.1. The van der Waals surface area contributed by atoms with Crippen LogP contribution in [0.4, 0.5) is 5.69 Å². The summed E-state index contributed by atoms with van der Waals surface area (Å²) in [4.78, 5) is 10.6. The summed E-state index contributed by atoms with van der Waals surface area (Å²) in [5, 5.41) is 16.3. The summed E-state index contributed by atoms with van der Waals surface area (Å²) in [7, 11) is 0. The van der Waals surface area contributed by atoms with E-state index < -0.39 is 4.92 Å². The van der Waals surface area contributed by atoms with Gasteiger partial charge in [0.15, 0.2) is 0 Å². The first-order valence-corrected chi connectivity index (χ1v) is 6.58. The highest BCUT2D eigenvalue weighted by atomic mass is 79.9. The number of hydrogen-bond acceptors (Lipinski definition) is 3. The van der Waals surface area contributed by atoms with Crippen LogP contribution in [0.5, 0.6) is 0 Å². The Hall–Kier alpha value is -1.40. The van der Waals surface area contributed by atoms with E-state index in [9.17, 15) is 10.1 Å². The molecular weight excluding hydrogens is 321 g/mol. The molecule has 0 aliphatic heterocycles. The van der Waals surface area contributed by atoms with Crippen molar-refractivity contribution in [2.24, 2.45) is 0 Å². The molecule has 0 bridgehead atoms. The van der Waals surface area contributed by atoms with Crippen molar-refractivity contribution in [3.8, 4) is 5.69 Å². The van der Waals surface area contributed by atoms with Crippen molar-refractivity contribution in [1.29, 1.82) is 0 Å². The van der Waals surface area contributed by atoms with Crippen molar-refractivity contribution in [1.82, 2.24) is 9.78 Å². The Bertz CT molecular complexity index is 593. The Labute approximate surface area is 117 Å². The van der Waals surface area contributed by atoms with Crippen molar-refractivity contribution >= 4 is 33.2 Å². The lowest BCUT2D eigenvalue weighted by molar-refractivity contribution is -0.384. The van der Waals surface area contributed by atoms with Crippen molar-refractivity contribution in [2.75, 3.05) is 0 Å². The molecule has 1 heterocycles. The molecule has 2 aromatic rings. The number of rotatable bonds is 3. The van der Waals surface area contributed by atoms with E-state index in [1.165, 1.54) is 10.7 Å². The lowest BCUT2D eigenvalue weighted by Crippen LogP contribution is -2.01. The van der Waals surface area contributed by atoms with Gasteiger partial charge in [-0.3, -0.25) is 10.1 Å². The molecule has 2 rings (SSSR count). The van der Waals surface area contributed by atoms with Crippen LogP contribution in [0.15, 0.2) is 24.4 Å². The van der Waals surface area contributed by atoms with Crippen LogP contribution in [0, 0.1) is 17.0 Å². The zero-order chi connectivity index (χ0) is 13.3. The Morgan fingerprint density at radius 1 is 1.56 bits per heavy atom. The summed E-state index contributed by atoms with van der Waals surface area (Å²) in [6.07, 6.45) is 1.56. The molecule has 18 heavy (non-hydrogen) atoms. The SMILES string of the molecule is Cc1nn(-c2ccc(CBr)cc2[N+](=O)[O-])cc1Cl. The average Bonchev–Trinajstić information content (AvgIpc) is 2.68. The fourth-order valence-electron chi connectivity index (χ4n) is 1.55. The summed E-state index contributed by atoms with van der Waals surface area (Å²) < 4.78 is 1.42. The van der Waals surface area contributed by atoms with Crippen molar-refractivity contribution < 1.29 is 4.92 Å². The highest BCUT2D eigenvalue weighted by molar-refractivity contribution is 9.08. The van der Waals surface area contributed by atoms with Gasteiger partial charge >= 0.3 is 0 Å². The molecule has 0 fully saturated rings. The fraction of sp³-hybridized carbons (Fsp3) is 0.182. The average molecular weight is 331 g/mol. The number of nitro groups is 1. The van der Waals surface area contributed by atoms with Crippen molar-refractivity contribution in [3.05, 3.63) is 50.8 Å². The number of hydrogen-bond donors (Lipinski definition) is 0. The maximum Gasteiger partial charge on any atom is 0.295 e. The molecule has 0 spiro atoms. The molecule has 0 radical (unpaired) electrons. The molecule has 7 heteroatoms. The molecule has 0 saturated heterocycles. The number of nitro benzene ring substituents is 1. The molecule has 0 aliphatic rings. The number of nitrogens with zero attached hydrogens (tertiary/aromatic N) is 3. The smallest absolute Gasteiger partial charge is 0.258 e. The van der Waals surface area contributed by atoms with Gasteiger partial charge in [0, 0.05) is 17.6 Å². The fourth-order valence-corrected chi connectivity index (χ4v) is 2.03. The molecule has 0 amide bonds. The summed E-state index contributed by atoms with van der Waals surface area (Å²) in [6, 6.07) is 4.99. The highest BCUT2D eigenvalue weighted by Crippen LogP contribution is 2.26. The normalized spacial score (nSPS) is 10.6. The Morgan fingerprint density at radius 2 is 2.28 bits per heavy atom. The topological polar surface area (TPSA) is 61.0 Å². The third-order valence-electron chi connectivity index (χ3n) is 2.48. The second kappa shape index (κ2) is 5.07. The summed E-state index contributed by atoms with van der Waals surface area (Å²) in [5.74, 6) is 0. The van der Waals surface area contributed by atoms with Gasteiger partial charge in [0.05, 0.1) is 15.6 Å². The largest absolute Gasteiger partial charge is 0.295 e. The minimum absolute atomic E-state index is 0.00566. The standard InChI is InChI=1S/C11H9BrClN3O2/c1-7-9(13)6-15(14-7)10-3-2-8(5-12)4-11(10)16(17)18/h2-4,6H,5H2,1H3. The minimum atomic E-state index is -0.424. The number of benzene rings is 1. The molecule has 0 aliphatic carbocycles. The second-order valence-corrected chi connectivity index (χ2v) is 4.69. The third kappa shape index (κ3) is 2.39. The van der Waals surface area contributed by atoms with E-state index in [0.717, 1.165) is 5.56 Å². The monoisotopic (exact) mass is 329 g/mol. The maximum atomic E-state index is 11.1. The third-order valence-corrected chi connectivity index (χ3v) is 3.50. The number of aromatic nitrogens is 2.